The lowest BCUT2D eigenvalue weighted by Gasteiger charge is -2.36. The zero-order valence-corrected chi connectivity index (χ0v) is 13.4. The second kappa shape index (κ2) is 7.54. The fraction of sp³-hybridized carbons (Fsp3) is 0.533. The van der Waals surface area contributed by atoms with Gasteiger partial charge < -0.3 is 15.5 Å². The first-order chi connectivity index (χ1) is 10.1. The zero-order chi connectivity index (χ0) is 15.2. The molecule has 1 saturated heterocycles. The Bertz CT molecular complexity index is 469. The molecule has 1 aromatic rings. The van der Waals surface area contributed by atoms with E-state index < -0.39 is 0 Å². The lowest BCUT2D eigenvalue weighted by Crippen LogP contribution is -2.51. The van der Waals surface area contributed by atoms with Gasteiger partial charge in [0.2, 0.25) is 0 Å². The van der Waals surface area contributed by atoms with Crippen molar-refractivity contribution >= 4 is 23.4 Å². The SMILES string of the molecule is CSC(C)CN=C(N)N1CCN(c2ccc(F)cc2)CC1. The van der Waals surface area contributed by atoms with Crippen LogP contribution in [0.2, 0.25) is 0 Å². The van der Waals surface area contributed by atoms with Gasteiger partial charge in [0.25, 0.3) is 0 Å². The van der Waals surface area contributed by atoms with Crippen LogP contribution in [0.1, 0.15) is 6.92 Å². The summed E-state index contributed by atoms with van der Waals surface area (Å²) >= 11 is 1.79. The molecular weight excluding hydrogens is 287 g/mol. The number of hydrogen-bond donors (Lipinski definition) is 1. The average Bonchev–Trinajstić information content (AvgIpc) is 2.53. The Morgan fingerprint density at radius 1 is 1.29 bits per heavy atom. The van der Waals surface area contributed by atoms with Gasteiger partial charge in [-0.25, -0.2) is 4.39 Å². The predicted molar refractivity (Wildman–Crippen MR) is 89.7 cm³/mol. The minimum Gasteiger partial charge on any atom is -0.370 e. The number of guanidine groups is 1. The summed E-state index contributed by atoms with van der Waals surface area (Å²) in [7, 11) is 0. The standard InChI is InChI=1S/C15H23FN4S/c1-12(21-2)11-18-15(17)20-9-7-19(8-10-20)14-5-3-13(16)4-6-14/h3-6,12H,7-11H2,1-2H3,(H2,17,18). The summed E-state index contributed by atoms with van der Waals surface area (Å²) in [5.41, 5.74) is 7.11. The molecule has 1 aliphatic rings. The smallest absolute Gasteiger partial charge is 0.191 e. The van der Waals surface area contributed by atoms with Gasteiger partial charge in [0.05, 0.1) is 6.54 Å². The maximum atomic E-state index is 12.9. The molecule has 1 fully saturated rings. The predicted octanol–water partition coefficient (Wildman–Crippen LogP) is 2.01. The van der Waals surface area contributed by atoms with Gasteiger partial charge in [-0.2, -0.15) is 11.8 Å². The maximum absolute atomic E-state index is 12.9. The highest BCUT2D eigenvalue weighted by atomic mass is 32.2. The van der Waals surface area contributed by atoms with Crippen LogP contribution in [0.3, 0.4) is 0 Å². The van der Waals surface area contributed by atoms with Gasteiger partial charge >= 0.3 is 0 Å². The maximum Gasteiger partial charge on any atom is 0.191 e. The van der Waals surface area contributed by atoms with Crippen molar-refractivity contribution < 1.29 is 4.39 Å². The minimum atomic E-state index is -0.198. The van der Waals surface area contributed by atoms with E-state index in [0.29, 0.717) is 11.2 Å². The van der Waals surface area contributed by atoms with Crippen molar-refractivity contribution in [2.45, 2.75) is 12.2 Å². The number of anilines is 1. The topological polar surface area (TPSA) is 44.9 Å². The number of piperazine rings is 1. The molecule has 0 amide bonds. The third-order valence-electron chi connectivity index (χ3n) is 3.71. The highest BCUT2D eigenvalue weighted by molar-refractivity contribution is 7.99. The third-order valence-corrected chi connectivity index (χ3v) is 4.66. The fourth-order valence-corrected chi connectivity index (χ4v) is 2.47. The molecule has 1 aliphatic heterocycles. The molecule has 2 rings (SSSR count). The van der Waals surface area contributed by atoms with Gasteiger partial charge in [0.1, 0.15) is 5.82 Å². The van der Waals surface area contributed by atoms with Gasteiger partial charge in [-0.3, -0.25) is 4.99 Å². The number of halogens is 1. The van der Waals surface area contributed by atoms with Crippen LogP contribution in [0.4, 0.5) is 10.1 Å². The Morgan fingerprint density at radius 3 is 2.48 bits per heavy atom. The lowest BCUT2D eigenvalue weighted by molar-refractivity contribution is 0.381. The Morgan fingerprint density at radius 2 is 1.90 bits per heavy atom. The van der Waals surface area contributed by atoms with Crippen LogP contribution >= 0.6 is 11.8 Å². The molecule has 0 spiro atoms. The van der Waals surface area contributed by atoms with Gasteiger partial charge in [-0.05, 0) is 30.5 Å². The Kier molecular flexibility index (Phi) is 5.73. The third kappa shape index (κ3) is 4.52. The molecule has 0 aromatic heterocycles. The summed E-state index contributed by atoms with van der Waals surface area (Å²) in [5.74, 6) is 0.436. The number of aliphatic imine (C=N–C) groups is 1. The van der Waals surface area contributed by atoms with Crippen LogP contribution < -0.4 is 10.6 Å². The molecule has 0 bridgehead atoms. The second-order valence-electron chi connectivity index (χ2n) is 5.20. The first-order valence-corrected chi connectivity index (χ1v) is 8.47. The zero-order valence-electron chi connectivity index (χ0n) is 12.6. The van der Waals surface area contributed by atoms with Gasteiger partial charge in [0.15, 0.2) is 5.96 Å². The number of benzene rings is 1. The summed E-state index contributed by atoms with van der Waals surface area (Å²) in [4.78, 5) is 8.82. The Labute approximate surface area is 130 Å². The first kappa shape index (κ1) is 15.9. The number of rotatable bonds is 4. The molecule has 0 radical (unpaired) electrons. The summed E-state index contributed by atoms with van der Waals surface area (Å²) in [6.07, 6.45) is 2.08. The van der Waals surface area contributed by atoms with Crippen LogP contribution in [0.25, 0.3) is 0 Å². The van der Waals surface area contributed by atoms with Gasteiger partial charge in [-0.15, -0.1) is 0 Å². The molecule has 21 heavy (non-hydrogen) atoms. The molecule has 1 atom stereocenters. The number of hydrogen-bond acceptors (Lipinski definition) is 3. The monoisotopic (exact) mass is 310 g/mol. The van der Waals surface area contributed by atoms with Crippen LogP contribution in [-0.4, -0.2) is 55.1 Å². The summed E-state index contributed by atoms with van der Waals surface area (Å²) in [6, 6.07) is 6.65. The van der Waals surface area contributed by atoms with Crippen molar-refractivity contribution in [1.29, 1.82) is 0 Å². The van der Waals surface area contributed by atoms with E-state index in [-0.39, 0.29) is 5.82 Å². The summed E-state index contributed by atoms with van der Waals surface area (Å²) < 4.78 is 12.9. The average molecular weight is 310 g/mol. The highest BCUT2D eigenvalue weighted by Crippen LogP contribution is 2.16. The van der Waals surface area contributed by atoms with E-state index in [4.69, 9.17) is 5.73 Å². The van der Waals surface area contributed by atoms with E-state index in [1.807, 2.05) is 12.1 Å². The number of nitrogens with zero attached hydrogens (tertiary/aromatic N) is 3. The minimum absolute atomic E-state index is 0.198. The van der Waals surface area contributed by atoms with E-state index in [0.717, 1.165) is 38.4 Å². The van der Waals surface area contributed by atoms with E-state index >= 15 is 0 Å². The summed E-state index contributed by atoms with van der Waals surface area (Å²) in [5, 5.41) is 0.490. The van der Waals surface area contributed by atoms with Crippen molar-refractivity contribution in [3.05, 3.63) is 30.1 Å². The second-order valence-corrected chi connectivity index (χ2v) is 6.47. The van der Waals surface area contributed by atoms with Crippen LogP contribution in [0.15, 0.2) is 29.3 Å². The van der Waals surface area contributed by atoms with Crippen LogP contribution in [0.5, 0.6) is 0 Å². The van der Waals surface area contributed by atoms with Crippen molar-refractivity contribution in [1.82, 2.24) is 4.90 Å². The molecule has 0 aliphatic carbocycles. The molecule has 6 heteroatoms. The van der Waals surface area contributed by atoms with Crippen LogP contribution in [0, 0.1) is 5.82 Å². The van der Waals surface area contributed by atoms with Crippen molar-refractivity contribution in [3.63, 3.8) is 0 Å². The van der Waals surface area contributed by atoms with Crippen molar-refractivity contribution in [3.8, 4) is 0 Å². The highest BCUT2D eigenvalue weighted by Gasteiger charge is 2.18. The van der Waals surface area contributed by atoms with E-state index in [9.17, 15) is 4.39 Å². The first-order valence-electron chi connectivity index (χ1n) is 7.18. The quantitative estimate of drug-likeness (QED) is 0.682. The van der Waals surface area contributed by atoms with Gasteiger partial charge in [0, 0.05) is 37.1 Å². The molecular formula is C15H23FN4S. The Balaban J connectivity index is 1.86. The molecule has 0 saturated carbocycles. The van der Waals surface area contributed by atoms with Crippen molar-refractivity contribution in [2.75, 3.05) is 43.9 Å². The van der Waals surface area contributed by atoms with E-state index in [1.165, 1.54) is 12.1 Å². The largest absolute Gasteiger partial charge is 0.370 e. The van der Waals surface area contributed by atoms with Gasteiger partial charge in [-0.1, -0.05) is 6.92 Å². The molecule has 1 aromatic carbocycles. The number of thioether (sulfide) groups is 1. The lowest BCUT2D eigenvalue weighted by atomic mass is 10.2. The molecule has 2 N–H and O–H groups in total. The summed E-state index contributed by atoms with van der Waals surface area (Å²) in [6.45, 7) is 6.35. The normalized spacial score (nSPS) is 18.0. The number of nitrogens with two attached hydrogens (primary N) is 1. The molecule has 4 nitrogen and oxygen atoms in total. The Hall–Kier alpha value is -1.43. The van der Waals surface area contributed by atoms with E-state index in [1.54, 1.807) is 11.8 Å². The molecule has 116 valence electrons. The van der Waals surface area contributed by atoms with Crippen LogP contribution in [-0.2, 0) is 0 Å². The fourth-order valence-electron chi connectivity index (χ4n) is 2.24. The van der Waals surface area contributed by atoms with Crippen molar-refractivity contribution in [2.24, 2.45) is 10.7 Å². The molecule has 1 unspecified atom stereocenters. The van der Waals surface area contributed by atoms with E-state index in [2.05, 4.69) is 28.0 Å². The molecule has 1 heterocycles.